The molecule has 0 aliphatic carbocycles. The van der Waals surface area contributed by atoms with Crippen molar-refractivity contribution in [2.24, 2.45) is 0 Å². The fourth-order valence-electron chi connectivity index (χ4n) is 1.25. The second-order valence-electron chi connectivity index (χ2n) is 3.14. The highest BCUT2D eigenvalue weighted by Crippen LogP contribution is 2.25. The lowest BCUT2D eigenvalue weighted by Gasteiger charge is -2.08. The van der Waals surface area contributed by atoms with Crippen LogP contribution in [0.2, 0.25) is 0 Å². The van der Waals surface area contributed by atoms with Gasteiger partial charge in [0.25, 0.3) is 0 Å². The van der Waals surface area contributed by atoms with Crippen molar-refractivity contribution in [3.63, 3.8) is 0 Å². The van der Waals surface area contributed by atoms with E-state index in [4.69, 9.17) is 0 Å². The van der Waals surface area contributed by atoms with Crippen LogP contribution in [0, 0.1) is 0 Å². The summed E-state index contributed by atoms with van der Waals surface area (Å²) in [6.07, 6.45) is 2.13. The van der Waals surface area contributed by atoms with Crippen molar-refractivity contribution < 1.29 is 18.3 Å². The van der Waals surface area contributed by atoms with Crippen LogP contribution in [0.3, 0.4) is 0 Å². The number of thioether (sulfide) groups is 1. The highest BCUT2D eigenvalue weighted by atomic mass is 79.9. The Kier molecular flexibility index (Phi) is 5.91. The van der Waals surface area contributed by atoms with Crippen molar-refractivity contribution in [3.05, 3.63) is 23.8 Å². The summed E-state index contributed by atoms with van der Waals surface area (Å²) in [5.41, 5.74) is 0.395. The number of halogens is 3. The summed E-state index contributed by atoms with van der Waals surface area (Å²) >= 11 is 4.54. The van der Waals surface area contributed by atoms with Crippen LogP contribution in [0.25, 0.3) is 0 Å². The molecule has 17 heavy (non-hydrogen) atoms. The van der Waals surface area contributed by atoms with Gasteiger partial charge in [-0.25, -0.2) is 0 Å². The molecule has 0 radical (unpaired) electrons. The number of rotatable bonds is 6. The zero-order valence-corrected chi connectivity index (χ0v) is 11.5. The molecular weight excluding hydrogens is 314 g/mol. The highest BCUT2D eigenvalue weighted by Gasteiger charge is 2.11. The summed E-state index contributed by atoms with van der Waals surface area (Å²) < 4.78 is 28.5. The molecule has 0 bridgehead atoms. The number of alkyl halides is 3. The van der Waals surface area contributed by atoms with Crippen LogP contribution in [0.1, 0.15) is 16.8 Å². The van der Waals surface area contributed by atoms with Crippen molar-refractivity contribution in [2.75, 3.05) is 11.6 Å². The number of benzene rings is 1. The number of ether oxygens (including phenoxy) is 1. The van der Waals surface area contributed by atoms with Crippen molar-refractivity contribution in [2.45, 2.75) is 17.9 Å². The molecule has 0 saturated heterocycles. The average molecular weight is 325 g/mol. The molecule has 1 aromatic carbocycles. The van der Waals surface area contributed by atoms with Gasteiger partial charge in [-0.05, 0) is 24.5 Å². The molecule has 0 fully saturated rings. The first-order valence-corrected chi connectivity index (χ1v) is 7.14. The van der Waals surface area contributed by atoms with Gasteiger partial charge in [-0.1, -0.05) is 15.9 Å². The number of carbonyl (C=O) groups is 1. The lowest BCUT2D eigenvalue weighted by atomic mass is 10.1. The summed E-state index contributed by atoms with van der Waals surface area (Å²) in [6.45, 7) is -2.88. The van der Waals surface area contributed by atoms with E-state index in [0.717, 1.165) is 4.90 Å². The summed E-state index contributed by atoms with van der Waals surface area (Å²) in [5.74, 6) is -0.0818. The van der Waals surface area contributed by atoms with Gasteiger partial charge in [-0.2, -0.15) is 8.78 Å². The van der Waals surface area contributed by atoms with Crippen LogP contribution in [0.5, 0.6) is 5.75 Å². The minimum absolute atomic E-state index is 0.0183. The molecule has 1 rings (SSSR count). The molecule has 2 nitrogen and oxygen atoms in total. The van der Waals surface area contributed by atoms with Gasteiger partial charge in [0.05, 0.1) is 0 Å². The Hall–Kier alpha value is -0.620. The molecule has 0 aliphatic heterocycles. The van der Waals surface area contributed by atoms with Gasteiger partial charge >= 0.3 is 6.61 Å². The largest absolute Gasteiger partial charge is 0.435 e. The molecule has 0 unspecified atom stereocenters. The highest BCUT2D eigenvalue weighted by molar-refractivity contribution is 9.09. The molecule has 1 aromatic rings. The number of hydrogen-bond acceptors (Lipinski definition) is 3. The first kappa shape index (κ1) is 14.4. The fourth-order valence-corrected chi connectivity index (χ4v) is 2.09. The maximum atomic E-state index is 12.1. The minimum atomic E-state index is -2.88. The van der Waals surface area contributed by atoms with Crippen molar-refractivity contribution in [1.82, 2.24) is 0 Å². The van der Waals surface area contributed by atoms with Crippen molar-refractivity contribution in [1.29, 1.82) is 0 Å². The van der Waals surface area contributed by atoms with Gasteiger partial charge in [0, 0.05) is 22.2 Å². The van der Waals surface area contributed by atoms with Crippen LogP contribution >= 0.6 is 27.7 Å². The standard InChI is InChI=1S/C11H11BrF2O2S/c1-17-9-5-7(10(15)2-3-12)4-8(6-9)16-11(13)14/h4-6,11H,2-3H2,1H3. The van der Waals surface area contributed by atoms with E-state index >= 15 is 0 Å². The summed E-state index contributed by atoms with van der Waals surface area (Å²) in [5, 5.41) is 0.542. The Labute approximate surface area is 111 Å². The minimum Gasteiger partial charge on any atom is -0.435 e. The summed E-state index contributed by atoms with van der Waals surface area (Å²) in [4.78, 5) is 12.4. The number of ketones is 1. The fraction of sp³-hybridized carbons (Fsp3) is 0.364. The molecule has 94 valence electrons. The van der Waals surface area contributed by atoms with E-state index in [1.807, 2.05) is 0 Å². The summed E-state index contributed by atoms with van der Waals surface area (Å²) in [7, 11) is 0. The van der Waals surface area contributed by atoms with Gasteiger partial charge in [-0.3, -0.25) is 4.79 Å². The van der Waals surface area contributed by atoms with Crippen LogP contribution < -0.4 is 4.74 Å². The van der Waals surface area contributed by atoms with E-state index in [1.54, 1.807) is 12.3 Å². The first-order chi connectivity index (χ1) is 8.06. The second kappa shape index (κ2) is 6.96. The molecule has 0 amide bonds. The number of carbonyl (C=O) groups excluding carboxylic acids is 1. The molecule has 6 heteroatoms. The molecule has 0 atom stereocenters. The molecular formula is C11H11BrF2O2S. The maximum Gasteiger partial charge on any atom is 0.387 e. The quantitative estimate of drug-likeness (QED) is 0.450. The van der Waals surface area contributed by atoms with Gasteiger partial charge in [0.1, 0.15) is 5.75 Å². The van der Waals surface area contributed by atoms with Crippen molar-refractivity contribution in [3.8, 4) is 5.75 Å². The lowest BCUT2D eigenvalue weighted by Crippen LogP contribution is -2.05. The molecule has 0 aliphatic rings. The Morgan fingerprint density at radius 2 is 2.18 bits per heavy atom. The van der Waals surface area contributed by atoms with Crippen molar-refractivity contribution >= 4 is 33.5 Å². The topological polar surface area (TPSA) is 26.3 Å². The molecule has 0 spiro atoms. The Balaban J connectivity index is 3.00. The number of hydrogen-bond donors (Lipinski definition) is 0. The summed E-state index contributed by atoms with van der Waals surface area (Å²) in [6, 6.07) is 4.51. The predicted molar refractivity (Wildman–Crippen MR) is 67.6 cm³/mol. The Bertz CT molecular complexity index is 399. The van der Waals surface area contributed by atoms with Gasteiger partial charge in [0.15, 0.2) is 5.78 Å². The van der Waals surface area contributed by atoms with Crippen LogP contribution in [0.15, 0.2) is 23.1 Å². The van der Waals surface area contributed by atoms with E-state index in [0.29, 0.717) is 17.3 Å². The lowest BCUT2D eigenvalue weighted by molar-refractivity contribution is -0.0500. The van der Waals surface area contributed by atoms with Gasteiger partial charge in [-0.15, -0.1) is 11.8 Å². The van der Waals surface area contributed by atoms with Gasteiger partial charge < -0.3 is 4.74 Å². The Morgan fingerprint density at radius 1 is 1.47 bits per heavy atom. The first-order valence-electron chi connectivity index (χ1n) is 4.80. The number of Topliss-reactive ketones (excluding diaryl/α,β-unsaturated/α-hetero) is 1. The third kappa shape index (κ3) is 4.63. The Morgan fingerprint density at radius 3 is 2.71 bits per heavy atom. The van der Waals surface area contributed by atoms with E-state index in [1.165, 1.54) is 23.9 Å². The SMILES string of the molecule is CSc1cc(OC(F)F)cc(C(=O)CCBr)c1. The van der Waals surface area contributed by atoms with Crippen LogP contribution in [-0.2, 0) is 0 Å². The zero-order chi connectivity index (χ0) is 12.8. The van der Waals surface area contributed by atoms with E-state index in [9.17, 15) is 13.6 Å². The van der Waals surface area contributed by atoms with E-state index in [-0.39, 0.29) is 11.5 Å². The monoisotopic (exact) mass is 324 g/mol. The predicted octanol–water partition coefficient (Wildman–Crippen LogP) is 3.98. The van der Waals surface area contributed by atoms with Crippen LogP contribution in [-0.4, -0.2) is 24.0 Å². The molecule has 0 N–H and O–H groups in total. The van der Waals surface area contributed by atoms with Gasteiger partial charge in [0.2, 0.25) is 0 Å². The third-order valence-electron chi connectivity index (χ3n) is 1.98. The van der Waals surface area contributed by atoms with Crippen LogP contribution in [0.4, 0.5) is 8.78 Å². The zero-order valence-electron chi connectivity index (χ0n) is 9.08. The third-order valence-corrected chi connectivity index (χ3v) is 3.09. The molecule has 0 heterocycles. The molecule has 0 saturated carbocycles. The maximum absolute atomic E-state index is 12.1. The smallest absolute Gasteiger partial charge is 0.387 e. The molecule has 0 aromatic heterocycles. The normalized spacial score (nSPS) is 10.6. The average Bonchev–Trinajstić information content (AvgIpc) is 2.28. The second-order valence-corrected chi connectivity index (χ2v) is 4.81. The van der Waals surface area contributed by atoms with E-state index in [2.05, 4.69) is 20.7 Å². The van der Waals surface area contributed by atoms with E-state index < -0.39 is 6.61 Å².